The van der Waals surface area contributed by atoms with Crippen molar-refractivity contribution in [2.45, 2.75) is 18.4 Å². The Balaban J connectivity index is 1.27. The SMILES string of the molecule is Cc1cnc2c(S(=O)(=O)N3CCN(Cc4noc(-c5ccccc5)n4)CC3)cccc2c1. The number of rotatable bonds is 5. The molecule has 0 N–H and O–H groups in total. The second-order valence-electron chi connectivity index (χ2n) is 7.90. The van der Waals surface area contributed by atoms with Crippen LogP contribution >= 0.6 is 0 Å². The smallest absolute Gasteiger partial charge is 0.257 e. The molecule has 0 spiro atoms. The molecule has 0 saturated carbocycles. The van der Waals surface area contributed by atoms with E-state index in [9.17, 15) is 8.42 Å². The summed E-state index contributed by atoms with van der Waals surface area (Å²) in [7, 11) is -3.64. The summed E-state index contributed by atoms with van der Waals surface area (Å²) in [6.45, 7) is 4.43. The van der Waals surface area contributed by atoms with Gasteiger partial charge in [-0.2, -0.15) is 9.29 Å². The highest BCUT2D eigenvalue weighted by Crippen LogP contribution is 2.26. The molecule has 2 aromatic heterocycles. The highest BCUT2D eigenvalue weighted by molar-refractivity contribution is 7.89. The van der Waals surface area contributed by atoms with Gasteiger partial charge in [0.25, 0.3) is 5.89 Å². The van der Waals surface area contributed by atoms with Crippen molar-refractivity contribution in [2.75, 3.05) is 26.2 Å². The zero-order chi connectivity index (χ0) is 22.1. The van der Waals surface area contributed by atoms with Crippen LogP contribution in [0.5, 0.6) is 0 Å². The summed E-state index contributed by atoms with van der Waals surface area (Å²) in [5.74, 6) is 1.08. The van der Waals surface area contributed by atoms with E-state index in [0.717, 1.165) is 16.5 Å². The molecule has 5 rings (SSSR count). The Bertz CT molecular complexity index is 1350. The van der Waals surface area contributed by atoms with Gasteiger partial charge in [-0.3, -0.25) is 9.88 Å². The van der Waals surface area contributed by atoms with Crippen LogP contribution in [0, 0.1) is 6.92 Å². The molecule has 0 unspecified atom stereocenters. The van der Waals surface area contributed by atoms with Gasteiger partial charge in [-0.05, 0) is 36.8 Å². The molecule has 0 aliphatic carbocycles. The van der Waals surface area contributed by atoms with Gasteiger partial charge in [0, 0.05) is 43.3 Å². The van der Waals surface area contributed by atoms with Gasteiger partial charge >= 0.3 is 0 Å². The highest BCUT2D eigenvalue weighted by atomic mass is 32.2. The molecule has 1 saturated heterocycles. The van der Waals surface area contributed by atoms with Crippen LogP contribution in [0.3, 0.4) is 0 Å². The molecular formula is C23H23N5O3S. The Morgan fingerprint density at radius 1 is 1.00 bits per heavy atom. The van der Waals surface area contributed by atoms with E-state index < -0.39 is 10.0 Å². The van der Waals surface area contributed by atoms with Crippen molar-refractivity contribution in [3.05, 3.63) is 72.2 Å². The summed E-state index contributed by atoms with van der Waals surface area (Å²) in [5.41, 5.74) is 2.39. The Morgan fingerprint density at radius 3 is 2.56 bits per heavy atom. The van der Waals surface area contributed by atoms with Crippen molar-refractivity contribution in [2.24, 2.45) is 0 Å². The molecule has 0 radical (unpaired) electrons. The summed E-state index contributed by atoms with van der Waals surface area (Å²) < 4.78 is 33.6. The van der Waals surface area contributed by atoms with Gasteiger partial charge in [0.15, 0.2) is 5.82 Å². The number of pyridine rings is 1. The minimum atomic E-state index is -3.64. The maximum absolute atomic E-state index is 13.3. The Morgan fingerprint density at radius 2 is 1.78 bits per heavy atom. The number of benzene rings is 2. The molecule has 1 aliphatic heterocycles. The minimum Gasteiger partial charge on any atom is -0.334 e. The zero-order valence-corrected chi connectivity index (χ0v) is 18.5. The summed E-state index contributed by atoms with van der Waals surface area (Å²) in [4.78, 5) is 11.3. The number of sulfonamides is 1. The number of aryl methyl sites for hydroxylation is 1. The van der Waals surface area contributed by atoms with Gasteiger partial charge in [0.05, 0.1) is 12.1 Å². The molecule has 2 aromatic carbocycles. The van der Waals surface area contributed by atoms with Gasteiger partial charge in [-0.15, -0.1) is 0 Å². The molecule has 3 heterocycles. The average molecular weight is 450 g/mol. The summed E-state index contributed by atoms with van der Waals surface area (Å²) in [5, 5.41) is 4.91. The summed E-state index contributed by atoms with van der Waals surface area (Å²) in [6.07, 6.45) is 1.70. The van der Waals surface area contributed by atoms with E-state index in [-0.39, 0.29) is 4.90 Å². The van der Waals surface area contributed by atoms with Crippen LogP contribution in [0.2, 0.25) is 0 Å². The van der Waals surface area contributed by atoms with E-state index in [4.69, 9.17) is 4.52 Å². The van der Waals surface area contributed by atoms with Crippen molar-refractivity contribution in [3.63, 3.8) is 0 Å². The minimum absolute atomic E-state index is 0.258. The van der Waals surface area contributed by atoms with Crippen LogP contribution in [0.1, 0.15) is 11.4 Å². The lowest BCUT2D eigenvalue weighted by molar-refractivity contribution is 0.176. The lowest BCUT2D eigenvalue weighted by Crippen LogP contribution is -2.48. The first-order valence-corrected chi connectivity index (χ1v) is 11.9. The summed E-state index contributed by atoms with van der Waals surface area (Å²) >= 11 is 0. The molecule has 0 amide bonds. The van der Waals surface area contributed by atoms with Crippen molar-refractivity contribution in [1.82, 2.24) is 24.3 Å². The third kappa shape index (κ3) is 4.02. The molecule has 0 atom stereocenters. The number of aromatic nitrogens is 3. The quantitative estimate of drug-likeness (QED) is 0.462. The fraction of sp³-hybridized carbons (Fsp3) is 0.261. The molecular weight excluding hydrogens is 426 g/mol. The molecule has 4 aromatic rings. The van der Waals surface area contributed by atoms with Crippen molar-refractivity contribution in [3.8, 4) is 11.5 Å². The summed E-state index contributed by atoms with van der Waals surface area (Å²) in [6, 6.07) is 16.9. The van der Waals surface area contributed by atoms with Gasteiger partial charge in [0.1, 0.15) is 4.90 Å². The second kappa shape index (κ2) is 8.42. The zero-order valence-electron chi connectivity index (χ0n) is 17.7. The van der Waals surface area contributed by atoms with Crippen LogP contribution in [0.15, 0.2) is 70.2 Å². The van der Waals surface area contributed by atoms with Crippen molar-refractivity contribution in [1.29, 1.82) is 0 Å². The third-order valence-electron chi connectivity index (χ3n) is 5.61. The lowest BCUT2D eigenvalue weighted by Gasteiger charge is -2.33. The van der Waals surface area contributed by atoms with Crippen LogP contribution in [0.25, 0.3) is 22.4 Å². The van der Waals surface area contributed by atoms with Gasteiger partial charge < -0.3 is 4.52 Å². The van der Waals surface area contributed by atoms with Crippen LogP contribution in [-0.4, -0.2) is 58.9 Å². The predicted molar refractivity (Wildman–Crippen MR) is 120 cm³/mol. The van der Waals surface area contributed by atoms with E-state index >= 15 is 0 Å². The highest BCUT2D eigenvalue weighted by Gasteiger charge is 2.30. The molecule has 1 aliphatic rings. The normalized spacial score (nSPS) is 15.9. The number of para-hydroxylation sites is 1. The second-order valence-corrected chi connectivity index (χ2v) is 9.81. The molecule has 164 valence electrons. The molecule has 0 bridgehead atoms. The van der Waals surface area contributed by atoms with E-state index in [2.05, 4.69) is 20.0 Å². The maximum atomic E-state index is 13.3. The van der Waals surface area contributed by atoms with Crippen LogP contribution < -0.4 is 0 Å². The molecule has 32 heavy (non-hydrogen) atoms. The number of hydrogen-bond donors (Lipinski definition) is 0. The Kier molecular flexibility index (Phi) is 5.46. The molecule has 8 nitrogen and oxygen atoms in total. The van der Waals surface area contributed by atoms with Gasteiger partial charge in [-0.25, -0.2) is 8.42 Å². The van der Waals surface area contributed by atoms with E-state index in [1.807, 2.05) is 49.4 Å². The van der Waals surface area contributed by atoms with Crippen LogP contribution in [-0.2, 0) is 16.6 Å². The standard InChI is InChI=1S/C23H23N5O3S/c1-17-14-19-8-5-9-20(22(19)24-15-17)32(29,30)28-12-10-27(11-13-28)16-21-25-23(31-26-21)18-6-3-2-4-7-18/h2-9,14-15H,10-13,16H2,1H3. The van der Waals surface area contributed by atoms with E-state index in [0.29, 0.717) is 50.0 Å². The fourth-order valence-corrected chi connectivity index (χ4v) is 5.52. The topological polar surface area (TPSA) is 92.4 Å². The monoisotopic (exact) mass is 449 g/mol. The first-order valence-electron chi connectivity index (χ1n) is 10.5. The van der Waals surface area contributed by atoms with Crippen LogP contribution in [0.4, 0.5) is 0 Å². The van der Waals surface area contributed by atoms with E-state index in [1.54, 1.807) is 18.3 Å². The number of piperazine rings is 1. The third-order valence-corrected chi connectivity index (χ3v) is 7.54. The number of nitrogens with zero attached hydrogens (tertiary/aromatic N) is 5. The Hall–Kier alpha value is -3.14. The Labute approximate surface area is 186 Å². The van der Waals surface area contributed by atoms with Gasteiger partial charge in [0.2, 0.25) is 10.0 Å². The fourth-order valence-electron chi connectivity index (χ4n) is 3.93. The average Bonchev–Trinajstić information content (AvgIpc) is 3.28. The molecule has 9 heteroatoms. The van der Waals surface area contributed by atoms with Crippen molar-refractivity contribution < 1.29 is 12.9 Å². The first kappa shape index (κ1) is 20.7. The predicted octanol–water partition coefficient (Wildman–Crippen LogP) is 3.10. The van der Waals surface area contributed by atoms with E-state index in [1.165, 1.54) is 4.31 Å². The molecule has 1 fully saturated rings. The maximum Gasteiger partial charge on any atom is 0.257 e. The number of fused-ring (bicyclic) bond motifs is 1. The lowest BCUT2D eigenvalue weighted by atomic mass is 10.2. The van der Waals surface area contributed by atoms with Crippen molar-refractivity contribution >= 4 is 20.9 Å². The number of hydrogen-bond acceptors (Lipinski definition) is 7. The first-order chi connectivity index (χ1) is 15.5. The largest absolute Gasteiger partial charge is 0.334 e. The van der Waals surface area contributed by atoms with Gasteiger partial charge in [-0.1, -0.05) is 35.5 Å².